The zero-order chi connectivity index (χ0) is 15.0. The highest BCUT2D eigenvalue weighted by Gasteiger charge is 2.38. The van der Waals surface area contributed by atoms with Gasteiger partial charge in [0.25, 0.3) is 0 Å². The molecule has 0 aromatic heterocycles. The van der Waals surface area contributed by atoms with Crippen molar-refractivity contribution in [2.24, 2.45) is 0 Å². The van der Waals surface area contributed by atoms with E-state index in [1.807, 2.05) is 37.3 Å². The molecule has 0 saturated heterocycles. The Labute approximate surface area is 123 Å². The number of rotatable bonds is 3. The lowest BCUT2D eigenvalue weighted by Crippen LogP contribution is -2.34. The summed E-state index contributed by atoms with van der Waals surface area (Å²) in [5.41, 5.74) is 4.27. The summed E-state index contributed by atoms with van der Waals surface area (Å²) in [6, 6.07) is 7.80. The van der Waals surface area contributed by atoms with Crippen molar-refractivity contribution < 1.29 is 14.3 Å². The molecule has 0 unspecified atom stereocenters. The van der Waals surface area contributed by atoms with Crippen LogP contribution in [0.4, 0.5) is 5.69 Å². The number of hydrogen-bond donors (Lipinski definition) is 0. The van der Waals surface area contributed by atoms with Crippen LogP contribution in [0.2, 0.25) is 0 Å². The molecule has 1 atom stereocenters. The lowest BCUT2D eigenvalue weighted by molar-refractivity contribution is -0.138. The third kappa shape index (κ3) is 2.07. The van der Waals surface area contributed by atoms with Gasteiger partial charge in [-0.3, -0.25) is 4.79 Å². The van der Waals surface area contributed by atoms with Crippen LogP contribution < -0.4 is 4.90 Å². The van der Waals surface area contributed by atoms with Gasteiger partial charge >= 0.3 is 5.97 Å². The maximum Gasteiger partial charge on any atom is 0.335 e. The predicted octanol–water partition coefficient (Wildman–Crippen LogP) is 2.70. The second-order valence-electron chi connectivity index (χ2n) is 5.20. The topological polar surface area (TPSA) is 46.6 Å². The van der Waals surface area contributed by atoms with E-state index in [1.54, 1.807) is 6.92 Å². The van der Waals surface area contributed by atoms with E-state index in [0.29, 0.717) is 24.2 Å². The van der Waals surface area contributed by atoms with Crippen LogP contribution in [-0.2, 0) is 14.3 Å². The third-order valence-electron chi connectivity index (χ3n) is 4.07. The van der Waals surface area contributed by atoms with E-state index in [0.717, 1.165) is 23.2 Å². The Kier molecular flexibility index (Phi) is 3.37. The zero-order valence-corrected chi connectivity index (χ0v) is 12.1. The fourth-order valence-corrected chi connectivity index (χ4v) is 3.09. The molecule has 1 aromatic carbocycles. The number of carbonyl (C=O) groups excluding carboxylic acids is 2. The van der Waals surface area contributed by atoms with E-state index in [-0.39, 0.29) is 12.0 Å². The highest BCUT2D eigenvalue weighted by Crippen LogP contribution is 2.42. The minimum atomic E-state index is -0.285. The van der Waals surface area contributed by atoms with E-state index >= 15 is 0 Å². The first-order chi connectivity index (χ1) is 10.2. The van der Waals surface area contributed by atoms with Gasteiger partial charge < -0.3 is 9.64 Å². The monoisotopic (exact) mass is 283 g/mol. The van der Waals surface area contributed by atoms with E-state index in [2.05, 4.69) is 4.90 Å². The summed E-state index contributed by atoms with van der Waals surface area (Å²) in [4.78, 5) is 25.6. The number of benzene rings is 1. The van der Waals surface area contributed by atoms with Gasteiger partial charge in [0, 0.05) is 23.4 Å². The smallest absolute Gasteiger partial charge is 0.335 e. The van der Waals surface area contributed by atoms with Crippen molar-refractivity contribution in [3.63, 3.8) is 0 Å². The molecular formula is C17H17NO3. The van der Waals surface area contributed by atoms with Crippen LogP contribution in [-0.4, -0.2) is 24.9 Å². The first kappa shape index (κ1) is 13.6. The quantitative estimate of drug-likeness (QED) is 0.632. The first-order valence-corrected chi connectivity index (χ1v) is 7.09. The summed E-state index contributed by atoms with van der Waals surface area (Å²) >= 11 is 0. The van der Waals surface area contributed by atoms with E-state index in [4.69, 9.17) is 4.74 Å². The molecule has 3 rings (SSSR count). The second kappa shape index (κ2) is 5.20. The SMILES string of the molecule is CCOC(=O)C1=C(C)N2c3ccccc3C=C(C=O)[C@H]2C1. The minimum Gasteiger partial charge on any atom is -0.463 e. The number of fused-ring (bicyclic) bond motifs is 3. The molecule has 0 amide bonds. The molecule has 0 radical (unpaired) electrons. The second-order valence-corrected chi connectivity index (χ2v) is 5.20. The van der Waals surface area contributed by atoms with Gasteiger partial charge in [-0.25, -0.2) is 4.79 Å². The van der Waals surface area contributed by atoms with Gasteiger partial charge in [0.05, 0.1) is 18.2 Å². The van der Waals surface area contributed by atoms with Crippen LogP contribution >= 0.6 is 0 Å². The summed E-state index contributed by atoms with van der Waals surface area (Å²) in [5.74, 6) is -0.285. The van der Waals surface area contributed by atoms with Crippen LogP contribution in [0.1, 0.15) is 25.8 Å². The Morgan fingerprint density at radius 2 is 2.19 bits per heavy atom. The Bertz CT molecular complexity index is 672. The molecule has 0 spiro atoms. The molecule has 0 bridgehead atoms. The molecule has 108 valence electrons. The van der Waals surface area contributed by atoms with Crippen molar-refractivity contribution >= 4 is 24.0 Å². The zero-order valence-electron chi connectivity index (χ0n) is 12.1. The molecular weight excluding hydrogens is 266 g/mol. The summed E-state index contributed by atoms with van der Waals surface area (Å²) in [7, 11) is 0. The lowest BCUT2D eigenvalue weighted by atomic mass is 9.95. The van der Waals surface area contributed by atoms with Gasteiger partial charge in [-0.05, 0) is 31.6 Å². The summed E-state index contributed by atoms with van der Waals surface area (Å²) in [6.45, 7) is 4.06. The molecule has 2 aliphatic rings. The number of nitrogens with zero attached hydrogens (tertiary/aromatic N) is 1. The van der Waals surface area contributed by atoms with Gasteiger partial charge in [-0.1, -0.05) is 18.2 Å². The lowest BCUT2D eigenvalue weighted by Gasteiger charge is -2.33. The normalized spacial score (nSPS) is 19.8. The van der Waals surface area contributed by atoms with Crippen molar-refractivity contribution in [3.8, 4) is 0 Å². The molecule has 2 aliphatic heterocycles. The van der Waals surface area contributed by atoms with Crippen molar-refractivity contribution in [1.82, 2.24) is 0 Å². The molecule has 0 saturated carbocycles. The van der Waals surface area contributed by atoms with Crippen molar-refractivity contribution in [3.05, 3.63) is 46.7 Å². The molecule has 0 N–H and O–H groups in total. The van der Waals surface area contributed by atoms with Gasteiger partial charge in [-0.15, -0.1) is 0 Å². The predicted molar refractivity (Wildman–Crippen MR) is 80.7 cm³/mol. The average Bonchev–Trinajstić information content (AvgIpc) is 2.85. The number of anilines is 1. The third-order valence-corrected chi connectivity index (χ3v) is 4.07. The summed E-state index contributed by atoms with van der Waals surface area (Å²) in [5, 5.41) is 0. The number of para-hydroxylation sites is 1. The maximum absolute atomic E-state index is 12.1. The Morgan fingerprint density at radius 1 is 1.43 bits per heavy atom. The molecule has 1 aromatic rings. The first-order valence-electron chi connectivity index (χ1n) is 7.09. The molecule has 4 nitrogen and oxygen atoms in total. The van der Waals surface area contributed by atoms with Gasteiger partial charge in [0.2, 0.25) is 0 Å². The number of carbonyl (C=O) groups is 2. The van der Waals surface area contributed by atoms with E-state index in [9.17, 15) is 9.59 Å². The highest BCUT2D eigenvalue weighted by atomic mass is 16.5. The molecule has 0 aliphatic carbocycles. The van der Waals surface area contributed by atoms with Crippen molar-refractivity contribution in [2.75, 3.05) is 11.5 Å². The fourth-order valence-electron chi connectivity index (χ4n) is 3.09. The molecule has 2 heterocycles. The fraction of sp³-hybridized carbons (Fsp3) is 0.294. The summed E-state index contributed by atoms with van der Waals surface area (Å²) in [6.07, 6.45) is 3.31. The van der Waals surface area contributed by atoms with Crippen LogP contribution in [0.3, 0.4) is 0 Å². The molecule has 4 heteroatoms. The Balaban J connectivity index is 2.09. The highest BCUT2D eigenvalue weighted by molar-refractivity contribution is 5.97. The number of esters is 1. The average molecular weight is 283 g/mol. The van der Waals surface area contributed by atoms with Crippen LogP contribution in [0.5, 0.6) is 0 Å². The van der Waals surface area contributed by atoms with Gasteiger partial charge in [-0.2, -0.15) is 0 Å². The van der Waals surface area contributed by atoms with Crippen molar-refractivity contribution in [2.45, 2.75) is 26.3 Å². The Morgan fingerprint density at radius 3 is 2.90 bits per heavy atom. The van der Waals surface area contributed by atoms with Gasteiger partial charge in [0.1, 0.15) is 6.29 Å². The van der Waals surface area contributed by atoms with Crippen LogP contribution in [0, 0.1) is 0 Å². The maximum atomic E-state index is 12.1. The Hall–Kier alpha value is -2.36. The number of aldehydes is 1. The minimum absolute atomic E-state index is 0.100. The standard InChI is InChI=1S/C17H17NO3/c1-3-21-17(20)14-9-16-13(10-19)8-12-6-4-5-7-15(12)18(16)11(14)2/h4-8,10,16H,3,9H2,1-2H3/t16-/m1/s1. The van der Waals surface area contributed by atoms with Crippen molar-refractivity contribution in [1.29, 1.82) is 0 Å². The molecule has 21 heavy (non-hydrogen) atoms. The van der Waals surface area contributed by atoms with Crippen LogP contribution in [0.15, 0.2) is 41.1 Å². The summed E-state index contributed by atoms with van der Waals surface area (Å²) < 4.78 is 5.13. The largest absolute Gasteiger partial charge is 0.463 e. The van der Waals surface area contributed by atoms with E-state index < -0.39 is 0 Å². The molecule has 0 fully saturated rings. The van der Waals surface area contributed by atoms with Gasteiger partial charge in [0.15, 0.2) is 0 Å². The van der Waals surface area contributed by atoms with E-state index in [1.165, 1.54) is 0 Å². The number of ether oxygens (including phenoxy) is 1. The van der Waals surface area contributed by atoms with Crippen LogP contribution in [0.25, 0.3) is 6.08 Å². The number of hydrogen-bond acceptors (Lipinski definition) is 4. The number of allylic oxidation sites excluding steroid dienone is 1.